The van der Waals surface area contributed by atoms with Crippen molar-refractivity contribution in [1.29, 1.82) is 0 Å². The molecule has 1 aromatic heterocycles. The van der Waals surface area contributed by atoms with Crippen molar-refractivity contribution < 1.29 is 9.47 Å². The topological polar surface area (TPSA) is 81.8 Å². The van der Waals surface area contributed by atoms with Gasteiger partial charge in [-0.3, -0.25) is 0 Å². The minimum Gasteiger partial charge on any atom is -0.497 e. The SMILES string of the molecule is COc1ccc(NC(N)=NCCOc2ncccc2Cl)cc1. The Bertz CT molecular complexity index is 632. The summed E-state index contributed by atoms with van der Waals surface area (Å²) in [6.07, 6.45) is 1.62. The highest BCUT2D eigenvalue weighted by molar-refractivity contribution is 6.31. The predicted molar refractivity (Wildman–Crippen MR) is 87.8 cm³/mol. The Labute approximate surface area is 133 Å². The number of guanidine groups is 1. The van der Waals surface area contributed by atoms with E-state index in [2.05, 4.69) is 15.3 Å². The van der Waals surface area contributed by atoms with Gasteiger partial charge in [0.1, 0.15) is 17.4 Å². The highest BCUT2D eigenvalue weighted by atomic mass is 35.5. The van der Waals surface area contributed by atoms with Crippen LogP contribution in [0.5, 0.6) is 11.6 Å². The summed E-state index contributed by atoms with van der Waals surface area (Å²) in [6.45, 7) is 0.726. The van der Waals surface area contributed by atoms with Gasteiger partial charge in [-0.05, 0) is 36.4 Å². The first kappa shape index (κ1) is 15.9. The maximum atomic E-state index is 5.93. The Morgan fingerprint density at radius 1 is 1.32 bits per heavy atom. The standard InChI is InChI=1S/C15H17ClN4O2/c1-21-12-6-4-11(5-7-12)20-15(17)19-9-10-22-14-13(16)3-2-8-18-14/h2-8H,9-10H2,1H3,(H3,17,19,20). The number of pyridine rings is 1. The Morgan fingerprint density at radius 3 is 2.77 bits per heavy atom. The van der Waals surface area contributed by atoms with Crippen LogP contribution in [0.3, 0.4) is 0 Å². The summed E-state index contributed by atoms with van der Waals surface area (Å²) in [7, 11) is 1.62. The molecule has 0 aliphatic carbocycles. The number of anilines is 1. The van der Waals surface area contributed by atoms with Crippen LogP contribution in [-0.4, -0.2) is 31.2 Å². The molecule has 0 radical (unpaired) electrons. The fraction of sp³-hybridized carbons (Fsp3) is 0.200. The molecular formula is C15H17ClN4O2. The molecule has 1 aromatic carbocycles. The number of hydrogen-bond acceptors (Lipinski definition) is 4. The lowest BCUT2D eigenvalue weighted by atomic mass is 10.3. The number of methoxy groups -OCH3 is 1. The number of nitrogens with zero attached hydrogens (tertiary/aromatic N) is 2. The van der Waals surface area contributed by atoms with Gasteiger partial charge in [-0.1, -0.05) is 11.6 Å². The first-order chi connectivity index (χ1) is 10.7. The average molecular weight is 321 g/mol. The molecule has 2 rings (SSSR count). The molecule has 2 aromatic rings. The molecule has 22 heavy (non-hydrogen) atoms. The van der Waals surface area contributed by atoms with Gasteiger partial charge in [0, 0.05) is 11.9 Å². The molecule has 3 N–H and O–H groups in total. The van der Waals surface area contributed by atoms with Crippen molar-refractivity contribution in [3.05, 3.63) is 47.6 Å². The molecule has 0 amide bonds. The van der Waals surface area contributed by atoms with Gasteiger partial charge in [0.05, 0.1) is 13.7 Å². The number of aromatic nitrogens is 1. The summed E-state index contributed by atoms with van der Waals surface area (Å²) >= 11 is 5.93. The van der Waals surface area contributed by atoms with Crippen molar-refractivity contribution in [3.8, 4) is 11.6 Å². The maximum absolute atomic E-state index is 5.93. The zero-order chi connectivity index (χ0) is 15.8. The molecule has 1 heterocycles. The van der Waals surface area contributed by atoms with Gasteiger partial charge in [-0.2, -0.15) is 0 Å². The van der Waals surface area contributed by atoms with E-state index in [-0.39, 0.29) is 0 Å². The van der Waals surface area contributed by atoms with Gasteiger partial charge in [0.2, 0.25) is 5.88 Å². The lowest BCUT2D eigenvalue weighted by molar-refractivity contribution is 0.316. The lowest BCUT2D eigenvalue weighted by Crippen LogP contribution is -2.23. The van der Waals surface area contributed by atoms with E-state index in [4.69, 9.17) is 26.8 Å². The van der Waals surface area contributed by atoms with Gasteiger partial charge in [0.15, 0.2) is 5.96 Å². The average Bonchev–Trinajstić information content (AvgIpc) is 2.54. The van der Waals surface area contributed by atoms with Crippen LogP contribution < -0.4 is 20.5 Å². The second kappa shape index (κ2) is 8.09. The number of ether oxygens (including phenoxy) is 2. The number of nitrogens with two attached hydrogens (primary N) is 1. The van der Waals surface area contributed by atoms with E-state index >= 15 is 0 Å². The second-order valence-corrected chi connectivity index (χ2v) is 4.67. The summed E-state index contributed by atoms with van der Waals surface area (Å²) in [5, 5.41) is 3.45. The van der Waals surface area contributed by atoms with E-state index in [9.17, 15) is 0 Å². The summed E-state index contributed by atoms with van der Waals surface area (Å²) in [5.41, 5.74) is 6.63. The molecule has 0 fully saturated rings. The summed E-state index contributed by atoms with van der Waals surface area (Å²) in [4.78, 5) is 8.18. The first-order valence-electron chi connectivity index (χ1n) is 6.63. The number of aliphatic imine (C=N–C) groups is 1. The maximum Gasteiger partial charge on any atom is 0.232 e. The van der Waals surface area contributed by atoms with Crippen LogP contribution >= 0.6 is 11.6 Å². The molecule has 0 atom stereocenters. The van der Waals surface area contributed by atoms with Gasteiger partial charge in [-0.25, -0.2) is 9.98 Å². The monoisotopic (exact) mass is 320 g/mol. The third-order valence-electron chi connectivity index (χ3n) is 2.70. The number of nitrogens with one attached hydrogen (secondary N) is 1. The van der Waals surface area contributed by atoms with Gasteiger partial charge in [0.25, 0.3) is 0 Å². The first-order valence-corrected chi connectivity index (χ1v) is 7.01. The highest BCUT2D eigenvalue weighted by Crippen LogP contribution is 2.19. The summed E-state index contributed by atoms with van der Waals surface area (Å²) < 4.78 is 10.5. The van der Waals surface area contributed by atoms with Crippen LogP contribution in [0.15, 0.2) is 47.6 Å². The number of rotatable bonds is 6. The molecule has 6 nitrogen and oxygen atoms in total. The summed E-state index contributed by atoms with van der Waals surface area (Å²) in [5.74, 6) is 1.48. The quantitative estimate of drug-likeness (QED) is 0.485. The van der Waals surface area contributed by atoms with Gasteiger partial charge >= 0.3 is 0 Å². The minimum absolute atomic E-state index is 0.306. The van der Waals surface area contributed by atoms with Crippen molar-refractivity contribution in [1.82, 2.24) is 4.98 Å². The van der Waals surface area contributed by atoms with E-state index in [1.54, 1.807) is 25.4 Å². The Morgan fingerprint density at radius 2 is 2.09 bits per heavy atom. The Kier molecular flexibility index (Phi) is 5.85. The normalized spacial score (nSPS) is 11.1. The van der Waals surface area contributed by atoms with Crippen molar-refractivity contribution in [2.75, 3.05) is 25.6 Å². The van der Waals surface area contributed by atoms with Crippen LogP contribution in [-0.2, 0) is 0 Å². The highest BCUT2D eigenvalue weighted by Gasteiger charge is 2.01. The molecule has 0 saturated heterocycles. The smallest absolute Gasteiger partial charge is 0.232 e. The van der Waals surface area contributed by atoms with Gasteiger partial charge < -0.3 is 20.5 Å². The summed E-state index contributed by atoms with van der Waals surface area (Å²) in [6, 6.07) is 10.8. The van der Waals surface area contributed by atoms with E-state index < -0.39 is 0 Å². The zero-order valence-electron chi connectivity index (χ0n) is 12.1. The van der Waals surface area contributed by atoms with Crippen molar-refractivity contribution >= 4 is 23.2 Å². The van der Waals surface area contributed by atoms with Crippen LogP contribution in [0.1, 0.15) is 0 Å². The van der Waals surface area contributed by atoms with Crippen molar-refractivity contribution in [2.24, 2.45) is 10.7 Å². The third-order valence-corrected chi connectivity index (χ3v) is 2.99. The van der Waals surface area contributed by atoms with Crippen LogP contribution in [0.25, 0.3) is 0 Å². The van der Waals surface area contributed by atoms with E-state index in [1.165, 1.54) is 0 Å². The zero-order valence-corrected chi connectivity index (χ0v) is 12.9. The van der Waals surface area contributed by atoms with Crippen molar-refractivity contribution in [2.45, 2.75) is 0 Å². The molecule has 0 bridgehead atoms. The number of benzene rings is 1. The van der Waals surface area contributed by atoms with Crippen molar-refractivity contribution in [3.63, 3.8) is 0 Å². The van der Waals surface area contributed by atoms with E-state index in [0.29, 0.717) is 30.0 Å². The molecule has 0 saturated carbocycles. The van der Waals surface area contributed by atoms with Crippen LogP contribution in [0.4, 0.5) is 5.69 Å². The molecule has 116 valence electrons. The predicted octanol–water partition coefficient (Wildman–Crippen LogP) is 2.55. The molecule has 0 aliphatic rings. The number of hydrogen-bond donors (Lipinski definition) is 2. The fourth-order valence-electron chi connectivity index (χ4n) is 1.65. The number of halogens is 1. The van der Waals surface area contributed by atoms with E-state index in [1.807, 2.05) is 24.3 Å². The molecule has 0 spiro atoms. The van der Waals surface area contributed by atoms with Crippen LogP contribution in [0, 0.1) is 0 Å². The second-order valence-electron chi connectivity index (χ2n) is 4.26. The minimum atomic E-state index is 0.306. The lowest BCUT2D eigenvalue weighted by Gasteiger charge is -2.07. The third kappa shape index (κ3) is 4.82. The Hall–Kier alpha value is -2.47. The molecule has 7 heteroatoms. The Balaban J connectivity index is 1.78. The largest absolute Gasteiger partial charge is 0.497 e. The van der Waals surface area contributed by atoms with E-state index in [0.717, 1.165) is 11.4 Å². The van der Waals surface area contributed by atoms with Crippen LogP contribution in [0.2, 0.25) is 5.02 Å². The molecular weight excluding hydrogens is 304 g/mol. The molecule has 0 aliphatic heterocycles. The molecule has 0 unspecified atom stereocenters. The van der Waals surface area contributed by atoms with Gasteiger partial charge in [-0.15, -0.1) is 0 Å². The fourth-order valence-corrected chi connectivity index (χ4v) is 1.82.